The van der Waals surface area contributed by atoms with E-state index in [1.807, 2.05) is 36.4 Å². The minimum Gasteiger partial charge on any atom is -0.457 e. The number of furan rings is 1. The smallest absolute Gasteiger partial charge is 0.288 e. The van der Waals surface area contributed by atoms with Gasteiger partial charge in [0.2, 0.25) is 0 Å². The van der Waals surface area contributed by atoms with Crippen LogP contribution in [0.2, 0.25) is 5.02 Å². The molecule has 0 bridgehead atoms. The molecule has 0 atom stereocenters. The average molecular weight is 488 g/mol. The lowest BCUT2D eigenvalue weighted by molar-refractivity contribution is -0.384. The lowest BCUT2D eigenvalue weighted by Crippen LogP contribution is -2.43. The van der Waals surface area contributed by atoms with E-state index in [-0.39, 0.29) is 39.7 Å². The number of imide groups is 1. The monoisotopic (exact) mass is 487 g/mol. The second kappa shape index (κ2) is 9.79. The molecule has 0 N–H and O–H groups in total. The zero-order valence-corrected chi connectivity index (χ0v) is 19.3. The van der Waals surface area contributed by atoms with Crippen LogP contribution in [0.5, 0.6) is 0 Å². The van der Waals surface area contributed by atoms with Crippen LogP contribution in [0.25, 0.3) is 17.4 Å². The zero-order chi connectivity index (χ0) is 25.1. The Bertz CT molecular complexity index is 1450. The number of carbonyl (C=O) groups excluding carboxylic acids is 2. The van der Waals surface area contributed by atoms with Crippen LogP contribution >= 0.6 is 11.6 Å². The summed E-state index contributed by atoms with van der Waals surface area (Å²) in [5.74, 6) is -0.534. The second-order valence-electron chi connectivity index (χ2n) is 7.79. The first kappa shape index (κ1) is 23.7. The first-order chi connectivity index (χ1) is 16.8. The molecule has 4 rings (SSSR count). The summed E-state index contributed by atoms with van der Waals surface area (Å²) in [6.45, 7) is 1.66. The Balaban J connectivity index is 1.66. The molecule has 0 saturated heterocycles. The Morgan fingerprint density at radius 3 is 2.54 bits per heavy atom. The lowest BCUT2D eigenvalue weighted by atomic mass is 9.94. The molecule has 8 nitrogen and oxygen atoms in total. The van der Waals surface area contributed by atoms with Crippen molar-refractivity contribution in [3.63, 3.8) is 0 Å². The van der Waals surface area contributed by atoms with Crippen molar-refractivity contribution in [2.75, 3.05) is 6.54 Å². The van der Waals surface area contributed by atoms with Crippen molar-refractivity contribution in [3.8, 4) is 17.4 Å². The van der Waals surface area contributed by atoms with Crippen molar-refractivity contribution < 1.29 is 18.9 Å². The number of nitrogens with zero attached hydrogens (tertiary/aromatic N) is 3. The summed E-state index contributed by atoms with van der Waals surface area (Å²) >= 11 is 5.88. The SMILES string of the molecule is CC1=C(C#N)C(=O)N(CCc2ccccc2)C(=O)/C1=C/c1ccc(-c2ccc(Cl)c([N+](=O)[O-])c2)o1. The number of halogens is 1. The predicted octanol–water partition coefficient (Wildman–Crippen LogP) is 5.34. The van der Waals surface area contributed by atoms with Gasteiger partial charge in [-0.3, -0.25) is 24.6 Å². The van der Waals surface area contributed by atoms with E-state index in [2.05, 4.69) is 0 Å². The Kier molecular flexibility index (Phi) is 6.62. The normalized spacial score (nSPS) is 15.0. The molecule has 2 amide bonds. The second-order valence-corrected chi connectivity index (χ2v) is 8.20. The van der Waals surface area contributed by atoms with Gasteiger partial charge in [-0.1, -0.05) is 41.9 Å². The van der Waals surface area contributed by atoms with Crippen molar-refractivity contribution in [3.05, 3.63) is 104 Å². The Morgan fingerprint density at radius 1 is 1.11 bits per heavy atom. The van der Waals surface area contributed by atoms with E-state index in [0.717, 1.165) is 10.5 Å². The summed E-state index contributed by atoms with van der Waals surface area (Å²) in [7, 11) is 0. The topological polar surface area (TPSA) is 117 Å². The van der Waals surface area contributed by atoms with Crippen LogP contribution in [0, 0.1) is 21.4 Å². The molecule has 174 valence electrons. The maximum absolute atomic E-state index is 13.2. The van der Waals surface area contributed by atoms with Gasteiger partial charge in [0.05, 0.1) is 4.92 Å². The van der Waals surface area contributed by atoms with Crippen LogP contribution < -0.4 is 0 Å². The highest BCUT2D eigenvalue weighted by Crippen LogP contribution is 2.33. The zero-order valence-electron chi connectivity index (χ0n) is 18.5. The molecule has 0 fully saturated rings. The van der Waals surface area contributed by atoms with E-state index in [4.69, 9.17) is 16.0 Å². The first-order valence-corrected chi connectivity index (χ1v) is 10.9. The van der Waals surface area contributed by atoms with Gasteiger partial charge in [-0.2, -0.15) is 5.26 Å². The summed E-state index contributed by atoms with van der Waals surface area (Å²) in [6.07, 6.45) is 1.91. The van der Waals surface area contributed by atoms with Gasteiger partial charge in [-0.15, -0.1) is 0 Å². The standard InChI is InChI=1S/C26H18ClN3O5/c1-16-20(14-19-8-10-24(35-19)18-7-9-22(27)23(13-18)30(33)34)25(31)29(26(32)21(16)15-28)12-11-17-5-3-2-4-6-17/h2-10,13-14H,11-12H2,1H3/b20-14+. The van der Waals surface area contributed by atoms with E-state index < -0.39 is 16.7 Å². The van der Waals surface area contributed by atoms with Gasteiger partial charge in [0.15, 0.2) is 0 Å². The number of hydrogen-bond donors (Lipinski definition) is 0. The van der Waals surface area contributed by atoms with Crippen LogP contribution in [-0.2, 0) is 16.0 Å². The van der Waals surface area contributed by atoms with Gasteiger partial charge in [0, 0.05) is 23.7 Å². The van der Waals surface area contributed by atoms with Gasteiger partial charge >= 0.3 is 0 Å². The van der Waals surface area contributed by atoms with Crippen LogP contribution in [0.15, 0.2) is 81.8 Å². The number of nitriles is 1. The van der Waals surface area contributed by atoms with Crippen molar-refractivity contribution in [2.24, 2.45) is 0 Å². The Morgan fingerprint density at radius 2 is 1.86 bits per heavy atom. The van der Waals surface area contributed by atoms with Crippen molar-refractivity contribution in [2.45, 2.75) is 13.3 Å². The van der Waals surface area contributed by atoms with E-state index in [1.165, 1.54) is 18.2 Å². The predicted molar refractivity (Wildman–Crippen MR) is 129 cm³/mol. The molecule has 1 aliphatic rings. The lowest BCUT2D eigenvalue weighted by Gasteiger charge is -2.27. The third-order valence-corrected chi connectivity index (χ3v) is 5.95. The number of carbonyl (C=O) groups is 2. The van der Waals surface area contributed by atoms with E-state index >= 15 is 0 Å². The molecule has 0 saturated carbocycles. The highest BCUT2D eigenvalue weighted by atomic mass is 35.5. The van der Waals surface area contributed by atoms with Crippen LogP contribution in [0.4, 0.5) is 5.69 Å². The molecule has 3 aromatic rings. The molecule has 0 aliphatic carbocycles. The van der Waals surface area contributed by atoms with Crippen LogP contribution in [-0.4, -0.2) is 28.2 Å². The van der Waals surface area contributed by atoms with Crippen LogP contribution in [0.3, 0.4) is 0 Å². The average Bonchev–Trinajstić information content (AvgIpc) is 3.31. The number of nitro benzene ring substituents is 1. The third kappa shape index (κ3) is 4.76. The highest BCUT2D eigenvalue weighted by Gasteiger charge is 2.35. The maximum atomic E-state index is 13.2. The summed E-state index contributed by atoms with van der Waals surface area (Å²) in [5.41, 5.74) is 1.45. The van der Waals surface area contributed by atoms with Crippen molar-refractivity contribution in [1.82, 2.24) is 4.90 Å². The summed E-state index contributed by atoms with van der Waals surface area (Å²) < 4.78 is 5.80. The van der Waals surface area contributed by atoms with E-state index in [0.29, 0.717) is 17.7 Å². The largest absolute Gasteiger partial charge is 0.457 e. The molecule has 1 aromatic heterocycles. The van der Waals surface area contributed by atoms with Gasteiger partial charge < -0.3 is 4.42 Å². The van der Waals surface area contributed by atoms with Gasteiger partial charge in [0.1, 0.15) is 28.2 Å². The molecule has 9 heteroatoms. The molecule has 0 unspecified atom stereocenters. The summed E-state index contributed by atoms with van der Waals surface area (Å²) in [5, 5.41) is 20.8. The molecular weight excluding hydrogens is 470 g/mol. The van der Waals surface area contributed by atoms with Gasteiger partial charge in [0.25, 0.3) is 17.5 Å². The number of benzene rings is 2. The molecule has 2 heterocycles. The molecule has 1 aliphatic heterocycles. The third-order valence-electron chi connectivity index (χ3n) is 5.63. The minimum absolute atomic E-state index is 0.00510. The number of hydrogen-bond acceptors (Lipinski definition) is 6. The molecule has 35 heavy (non-hydrogen) atoms. The van der Waals surface area contributed by atoms with Crippen molar-refractivity contribution in [1.29, 1.82) is 5.26 Å². The van der Waals surface area contributed by atoms with Crippen molar-refractivity contribution >= 4 is 35.2 Å². The fraction of sp³-hybridized carbons (Fsp3) is 0.115. The number of amides is 2. The van der Waals surface area contributed by atoms with Gasteiger partial charge in [-0.05, 0) is 54.8 Å². The van der Waals surface area contributed by atoms with Gasteiger partial charge in [-0.25, -0.2) is 0 Å². The maximum Gasteiger partial charge on any atom is 0.288 e. The molecule has 0 radical (unpaired) electrons. The quantitative estimate of drug-likeness (QED) is 0.200. The fourth-order valence-corrected chi connectivity index (χ4v) is 3.94. The molecule has 0 spiro atoms. The molecular formula is C26H18ClN3O5. The number of rotatable bonds is 6. The van der Waals surface area contributed by atoms with E-state index in [1.54, 1.807) is 25.1 Å². The van der Waals surface area contributed by atoms with E-state index in [9.17, 15) is 25.0 Å². The number of nitro groups is 1. The summed E-state index contributed by atoms with van der Waals surface area (Å²) in [4.78, 5) is 37.7. The Labute approximate surface area is 205 Å². The first-order valence-electron chi connectivity index (χ1n) is 10.6. The highest BCUT2D eigenvalue weighted by molar-refractivity contribution is 6.32. The molecule has 2 aromatic carbocycles. The fourth-order valence-electron chi connectivity index (χ4n) is 3.75. The minimum atomic E-state index is -0.628. The Hall–Kier alpha value is -4.48. The van der Waals surface area contributed by atoms with Crippen LogP contribution in [0.1, 0.15) is 18.2 Å². The summed E-state index contributed by atoms with van der Waals surface area (Å²) in [6, 6.07) is 18.8.